The number of urea groups is 1. The molecule has 4 heterocycles. The van der Waals surface area contributed by atoms with Gasteiger partial charge in [-0.1, -0.05) is 12.1 Å². The van der Waals surface area contributed by atoms with Crippen LogP contribution in [0.3, 0.4) is 0 Å². The number of rotatable bonds is 2. The third-order valence-electron chi connectivity index (χ3n) is 4.92. The van der Waals surface area contributed by atoms with Gasteiger partial charge in [0.25, 0.3) is 0 Å². The van der Waals surface area contributed by atoms with E-state index in [9.17, 15) is 9.59 Å². The first kappa shape index (κ1) is 16.4. The molecule has 2 atom stereocenters. The fourth-order valence-corrected chi connectivity index (χ4v) is 3.63. The van der Waals surface area contributed by atoms with Crippen molar-refractivity contribution in [2.24, 2.45) is 0 Å². The molecule has 0 spiro atoms. The summed E-state index contributed by atoms with van der Waals surface area (Å²) < 4.78 is 0. The van der Waals surface area contributed by atoms with Crippen LogP contribution in [-0.2, 0) is 4.79 Å². The molecule has 1 aromatic heterocycles. The molecule has 3 aliphatic heterocycles. The molecule has 2 unspecified atom stereocenters. The van der Waals surface area contributed by atoms with Crippen molar-refractivity contribution in [3.05, 3.63) is 48.1 Å². The van der Waals surface area contributed by atoms with Gasteiger partial charge >= 0.3 is 6.03 Å². The van der Waals surface area contributed by atoms with Gasteiger partial charge < -0.3 is 15.1 Å². The molecular formula is C18H22N6O2. The molecule has 0 saturated carbocycles. The first-order chi connectivity index (χ1) is 12.5. The van der Waals surface area contributed by atoms with Gasteiger partial charge in [-0.15, -0.1) is 0 Å². The molecule has 0 aliphatic carbocycles. The molecule has 3 aliphatic rings. The third-order valence-corrected chi connectivity index (χ3v) is 4.92. The van der Waals surface area contributed by atoms with Crippen LogP contribution in [-0.4, -0.2) is 70.9 Å². The number of aromatic nitrogens is 1. The fourth-order valence-electron chi connectivity index (χ4n) is 3.63. The van der Waals surface area contributed by atoms with Gasteiger partial charge in [-0.3, -0.25) is 15.0 Å². The molecule has 1 aromatic rings. The van der Waals surface area contributed by atoms with Crippen LogP contribution < -0.4 is 10.6 Å². The Morgan fingerprint density at radius 3 is 2.92 bits per heavy atom. The lowest BCUT2D eigenvalue weighted by atomic mass is 10.1. The Morgan fingerprint density at radius 2 is 2.19 bits per heavy atom. The second-order valence-corrected chi connectivity index (χ2v) is 6.85. The maximum Gasteiger partial charge on any atom is 0.328 e. The normalized spacial score (nSPS) is 23.5. The van der Waals surface area contributed by atoms with E-state index in [0.29, 0.717) is 11.6 Å². The highest BCUT2D eigenvalue weighted by Gasteiger charge is 2.42. The van der Waals surface area contributed by atoms with E-state index in [1.165, 1.54) is 0 Å². The molecule has 3 amide bonds. The van der Waals surface area contributed by atoms with E-state index >= 15 is 0 Å². The predicted molar refractivity (Wildman–Crippen MR) is 96.9 cm³/mol. The van der Waals surface area contributed by atoms with Crippen molar-refractivity contribution in [1.82, 2.24) is 25.0 Å². The van der Waals surface area contributed by atoms with E-state index in [1.54, 1.807) is 42.2 Å². The second kappa shape index (κ2) is 6.36. The summed E-state index contributed by atoms with van der Waals surface area (Å²) >= 11 is 0. The molecule has 0 aromatic carbocycles. The van der Waals surface area contributed by atoms with Crippen LogP contribution in [0.2, 0.25) is 0 Å². The van der Waals surface area contributed by atoms with E-state index in [4.69, 9.17) is 0 Å². The summed E-state index contributed by atoms with van der Waals surface area (Å²) in [6.45, 7) is 1.70. The lowest BCUT2D eigenvalue weighted by Crippen LogP contribution is -2.55. The topological polar surface area (TPSA) is 80.8 Å². The fraction of sp³-hybridized carbons (Fsp3) is 0.389. The molecule has 0 radical (unpaired) electrons. The first-order valence-corrected chi connectivity index (χ1v) is 8.71. The summed E-state index contributed by atoms with van der Waals surface area (Å²) in [6.07, 6.45) is 6.33. The Morgan fingerprint density at radius 1 is 1.35 bits per heavy atom. The Labute approximate surface area is 152 Å². The van der Waals surface area contributed by atoms with Crippen molar-refractivity contribution < 1.29 is 9.59 Å². The molecule has 136 valence electrons. The van der Waals surface area contributed by atoms with E-state index in [1.807, 2.05) is 18.2 Å². The number of carbonyl (C=O) groups is 2. The molecule has 8 nitrogen and oxygen atoms in total. The van der Waals surface area contributed by atoms with Gasteiger partial charge in [-0.05, 0) is 24.6 Å². The predicted octanol–water partition coefficient (Wildman–Crippen LogP) is 0.789. The molecule has 8 heteroatoms. The number of pyridine rings is 1. The van der Waals surface area contributed by atoms with E-state index in [0.717, 1.165) is 25.2 Å². The van der Waals surface area contributed by atoms with Crippen molar-refractivity contribution in [3.63, 3.8) is 0 Å². The maximum absolute atomic E-state index is 13.0. The van der Waals surface area contributed by atoms with Crippen molar-refractivity contribution in [1.29, 1.82) is 0 Å². The minimum absolute atomic E-state index is 0.0502. The molecule has 2 bridgehead atoms. The Bertz CT molecular complexity index is 788. The Kier molecular flexibility index (Phi) is 4.02. The summed E-state index contributed by atoms with van der Waals surface area (Å²) in [5.41, 5.74) is 0.956. The van der Waals surface area contributed by atoms with Crippen molar-refractivity contribution >= 4 is 17.8 Å². The second-order valence-electron chi connectivity index (χ2n) is 6.85. The average molecular weight is 354 g/mol. The lowest BCUT2D eigenvalue weighted by molar-refractivity contribution is -0.129. The monoisotopic (exact) mass is 354 g/mol. The smallest absolute Gasteiger partial charge is 0.328 e. The number of hydrogen-bond acceptors (Lipinski definition) is 5. The van der Waals surface area contributed by atoms with Crippen molar-refractivity contribution in [2.75, 3.05) is 32.5 Å². The van der Waals surface area contributed by atoms with Gasteiger partial charge in [0.15, 0.2) is 0 Å². The Hall–Kier alpha value is -3.03. The minimum atomic E-state index is -0.479. The highest BCUT2D eigenvalue weighted by molar-refractivity contribution is 5.91. The number of likely N-dealkylation sites (N-methyl/N-ethyl adjacent to an activating group) is 1. The zero-order valence-corrected chi connectivity index (χ0v) is 14.8. The number of nitrogens with one attached hydrogen (secondary N) is 2. The summed E-state index contributed by atoms with van der Waals surface area (Å²) in [4.78, 5) is 35.1. The first-order valence-electron chi connectivity index (χ1n) is 8.71. The number of hydrogen-bond donors (Lipinski definition) is 2. The number of amides is 3. The van der Waals surface area contributed by atoms with Crippen LogP contribution in [0.25, 0.3) is 0 Å². The average Bonchev–Trinajstić information content (AvgIpc) is 3.06. The van der Waals surface area contributed by atoms with Crippen LogP contribution in [0.4, 0.5) is 10.6 Å². The summed E-state index contributed by atoms with van der Waals surface area (Å²) in [7, 11) is 3.45. The zero-order chi connectivity index (χ0) is 18.3. The van der Waals surface area contributed by atoms with Gasteiger partial charge in [0.1, 0.15) is 17.7 Å². The Balaban J connectivity index is 1.62. The summed E-state index contributed by atoms with van der Waals surface area (Å²) in [6, 6.07) is 4.75. The van der Waals surface area contributed by atoms with Crippen LogP contribution in [0.1, 0.15) is 6.42 Å². The molecule has 2 N–H and O–H groups in total. The van der Waals surface area contributed by atoms with Crippen LogP contribution >= 0.6 is 0 Å². The van der Waals surface area contributed by atoms with Crippen LogP contribution in [0.5, 0.6) is 0 Å². The largest absolute Gasteiger partial charge is 0.366 e. The highest BCUT2D eigenvalue weighted by Crippen LogP contribution is 2.33. The van der Waals surface area contributed by atoms with Crippen LogP contribution in [0.15, 0.2) is 48.1 Å². The van der Waals surface area contributed by atoms with Crippen molar-refractivity contribution in [2.45, 2.75) is 18.5 Å². The molecule has 1 fully saturated rings. The van der Waals surface area contributed by atoms with Gasteiger partial charge in [0.05, 0.1) is 11.7 Å². The quantitative estimate of drug-likeness (QED) is 0.821. The van der Waals surface area contributed by atoms with Crippen LogP contribution in [0, 0.1) is 0 Å². The molecule has 4 rings (SSSR count). The third kappa shape index (κ3) is 2.77. The maximum atomic E-state index is 13.0. The summed E-state index contributed by atoms with van der Waals surface area (Å²) in [5.74, 6) is 1.15. The highest BCUT2D eigenvalue weighted by atomic mass is 16.2. The molecule has 1 saturated heterocycles. The number of nitrogens with zero attached hydrogens (tertiary/aromatic N) is 4. The lowest BCUT2D eigenvalue weighted by Gasteiger charge is -2.41. The number of fused-ring (bicyclic) bond motifs is 3. The van der Waals surface area contributed by atoms with Crippen molar-refractivity contribution in [3.8, 4) is 0 Å². The number of carbonyl (C=O) groups excluding carboxylic acids is 2. The molecule has 26 heavy (non-hydrogen) atoms. The number of anilines is 1. The van der Waals surface area contributed by atoms with Gasteiger partial charge in [-0.25, -0.2) is 9.78 Å². The van der Waals surface area contributed by atoms with Gasteiger partial charge in [0.2, 0.25) is 5.91 Å². The molecular weight excluding hydrogens is 332 g/mol. The zero-order valence-electron chi connectivity index (χ0n) is 14.8. The SMILES string of the molecule is CN(C)C(=O)C1C=CC2=C(N1)N(C(=O)Nc1ccccn1)C1CCN2C1. The number of dihydropyridines is 1. The minimum Gasteiger partial charge on any atom is -0.366 e. The summed E-state index contributed by atoms with van der Waals surface area (Å²) in [5, 5.41) is 6.12. The van der Waals surface area contributed by atoms with E-state index in [2.05, 4.69) is 20.5 Å². The van der Waals surface area contributed by atoms with Gasteiger partial charge in [0, 0.05) is 33.4 Å². The van der Waals surface area contributed by atoms with E-state index < -0.39 is 6.04 Å². The van der Waals surface area contributed by atoms with E-state index in [-0.39, 0.29) is 18.0 Å². The standard InChI is InChI=1S/C18H22N6O2/c1-22(2)17(25)13-6-7-14-16(20-13)24(12-8-10-23(14)11-12)18(26)21-15-5-3-4-9-19-15/h3-7,9,12-13,20H,8,10-11H2,1-2H3,(H,19,21,26). The number of allylic oxidation sites excluding steroid dienone is 1. The van der Waals surface area contributed by atoms with Gasteiger partial charge in [-0.2, -0.15) is 0 Å².